The summed E-state index contributed by atoms with van der Waals surface area (Å²) in [7, 11) is 0. The van der Waals surface area contributed by atoms with Gasteiger partial charge in [0.2, 0.25) is 0 Å². The highest BCUT2D eigenvalue weighted by atomic mass is 32.1. The minimum atomic E-state index is 0.960. The van der Waals surface area contributed by atoms with Crippen molar-refractivity contribution in [3.8, 4) is 11.1 Å². The van der Waals surface area contributed by atoms with E-state index in [9.17, 15) is 0 Å². The van der Waals surface area contributed by atoms with E-state index in [-0.39, 0.29) is 0 Å². The monoisotopic (exact) mass is 534 g/mol. The molecule has 0 bridgehead atoms. The fourth-order valence-electron chi connectivity index (χ4n) is 5.48. The van der Waals surface area contributed by atoms with Gasteiger partial charge in [-0.05, 0) is 53.6 Å². The summed E-state index contributed by atoms with van der Waals surface area (Å²) in [5.41, 5.74) is 4.62. The van der Waals surface area contributed by atoms with Crippen LogP contribution in [0.15, 0.2) is 134 Å². The first kappa shape index (κ1) is 22.5. The third-order valence-corrected chi connectivity index (χ3v) is 9.66. The SMILES string of the molecule is c1ccc(-c2ccc(N(c3ccc4c(c3)sc3ccccc34)c3nccc4c3sc3ccccc34)cc2)cc1. The smallest absolute Gasteiger partial charge is 0.155 e. The van der Waals surface area contributed by atoms with Gasteiger partial charge >= 0.3 is 0 Å². The standard InChI is InChI=1S/C35H22N2S2/c1-2-8-23(9-3-1)24-14-16-25(17-15-24)37(26-18-19-29-27-10-4-6-12-31(27)38-33(29)22-26)35-34-30(20-21-36-35)28-11-5-7-13-32(28)39-34/h1-22H. The number of rotatable bonds is 4. The van der Waals surface area contributed by atoms with Gasteiger partial charge < -0.3 is 0 Å². The fraction of sp³-hybridized carbons (Fsp3) is 0. The zero-order chi connectivity index (χ0) is 25.8. The second-order valence-electron chi connectivity index (χ2n) is 9.64. The molecule has 0 saturated heterocycles. The fourth-order valence-corrected chi connectivity index (χ4v) is 7.79. The van der Waals surface area contributed by atoms with Crippen molar-refractivity contribution in [2.24, 2.45) is 0 Å². The van der Waals surface area contributed by atoms with Crippen LogP contribution in [0.5, 0.6) is 0 Å². The minimum Gasteiger partial charge on any atom is -0.294 e. The average molecular weight is 535 g/mol. The Bertz CT molecular complexity index is 2120. The third kappa shape index (κ3) is 3.72. The van der Waals surface area contributed by atoms with Gasteiger partial charge in [-0.15, -0.1) is 22.7 Å². The largest absolute Gasteiger partial charge is 0.294 e. The lowest BCUT2D eigenvalue weighted by Crippen LogP contribution is -2.11. The molecule has 0 aliphatic rings. The highest BCUT2D eigenvalue weighted by Gasteiger charge is 2.20. The molecule has 4 heteroatoms. The summed E-state index contributed by atoms with van der Waals surface area (Å²) < 4.78 is 5.07. The van der Waals surface area contributed by atoms with Crippen molar-refractivity contribution in [2.75, 3.05) is 4.90 Å². The second-order valence-corrected chi connectivity index (χ2v) is 11.8. The summed E-state index contributed by atoms with van der Waals surface area (Å²) >= 11 is 3.66. The quantitative estimate of drug-likeness (QED) is 0.223. The molecule has 0 N–H and O–H groups in total. The Balaban J connectivity index is 1.35. The predicted molar refractivity (Wildman–Crippen MR) is 170 cm³/mol. The molecule has 0 saturated carbocycles. The molecule has 0 unspecified atom stereocenters. The Hall–Kier alpha value is -4.51. The summed E-state index contributed by atoms with van der Waals surface area (Å²) in [5, 5.41) is 5.13. The van der Waals surface area contributed by atoms with E-state index in [2.05, 4.69) is 132 Å². The van der Waals surface area contributed by atoms with E-state index in [0.717, 1.165) is 17.2 Å². The Kier molecular flexibility index (Phi) is 5.22. The molecule has 5 aromatic carbocycles. The summed E-state index contributed by atoms with van der Waals surface area (Å²) in [5.74, 6) is 0.960. The maximum absolute atomic E-state index is 5.00. The third-order valence-electron chi connectivity index (χ3n) is 7.34. The summed E-state index contributed by atoms with van der Waals surface area (Å²) in [6.07, 6.45) is 1.94. The molecule has 8 aromatic rings. The van der Waals surface area contributed by atoms with Gasteiger partial charge in [0.25, 0.3) is 0 Å². The van der Waals surface area contributed by atoms with E-state index in [1.54, 1.807) is 0 Å². The molecule has 0 fully saturated rings. The van der Waals surface area contributed by atoms with Gasteiger partial charge in [-0.3, -0.25) is 4.90 Å². The first-order chi connectivity index (χ1) is 19.3. The van der Waals surface area contributed by atoms with Crippen molar-refractivity contribution >= 4 is 80.2 Å². The maximum Gasteiger partial charge on any atom is 0.155 e. The Morgan fingerprint density at radius 1 is 0.462 bits per heavy atom. The average Bonchev–Trinajstić information content (AvgIpc) is 3.57. The van der Waals surface area contributed by atoms with Gasteiger partial charge in [-0.2, -0.15) is 0 Å². The molecule has 0 amide bonds. The van der Waals surface area contributed by atoms with Crippen LogP contribution in [0.4, 0.5) is 17.2 Å². The van der Waals surface area contributed by atoms with E-state index in [4.69, 9.17) is 4.98 Å². The Labute approximate surface area is 234 Å². The molecule has 0 spiro atoms. The van der Waals surface area contributed by atoms with Crippen molar-refractivity contribution in [3.63, 3.8) is 0 Å². The number of hydrogen-bond acceptors (Lipinski definition) is 4. The number of hydrogen-bond donors (Lipinski definition) is 0. The first-order valence-electron chi connectivity index (χ1n) is 13.0. The highest BCUT2D eigenvalue weighted by Crippen LogP contribution is 2.45. The van der Waals surface area contributed by atoms with Crippen molar-refractivity contribution in [3.05, 3.63) is 134 Å². The summed E-state index contributed by atoms with van der Waals surface area (Å²) in [6, 6.07) is 45.6. The lowest BCUT2D eigenvalue weighted by atomic mass is 10.0. The zero-order valence-electron chi connectivity index (χ0n) is 20.9. The minimum absolute atomic E-state index is 0.960. The molecule has 3 heterocycles. The number of fused-ring (bicyclic) bond motifs is 6. The molecule has 0 radical (unpaired) electrons. The van der Waals surface area contributed by atoms with E-state index in [1.165, 1.54) is 51.5 Å². The lowest BCUT2D eigenvalue weighted by molar-refractivity contribution is 1.21. The molecule has 8 rings (SSSR count). The van der Waals surface area contributed by atoms with Gasteiger partial charge in [0.15, 0.2) is 5.82 Å². The van der Waals surface area contributed by atoms with Crippen LogP contribution in [0.1, 0.15) is 0 Å². The first-order valence-corrected chi connectivity index (χ1v) is 14.6. The Morgan fingerprint density at radius 2 is 1.08 bits per heavy atom. The number of thiophene rings is 2. The van der Waals surface area contributed by atoms with Crippen molar-refractivity contribution in [1.29, 1.82) is 0 Å². The lowest BCUT2D eigenvalue weighted by Gasteiger charge is -2.25. The van der Waals surface area contributed by atoms with E-state index in [0.29, 0.717) is 0 Å². The summed E-state index contributed by atoms with van der Waals surface area (Å²) in [4.78, 5) is 7.31. The second kappa shape index (κ2) is 9.05. The van der Waals surface area contributed by atoms with Gasteiger partial charge in [0.1, 0.15) is 0 Å². The van der Waals surface area contributed by atoms with E-state index < -0.39 is 0 Å². The van der Waals surface area contributed by atoms with Crippen LogP contribution >= 0.6 is 22.7 Å². The predicted octanol–water partition coefficient (Wildman–Crippen LogP) is 11.0. The van der Waals surface area contributed by atoms with Gasteiger partial charge in [0.05, 0.1) is 4.70 Å². The number of anilines is 3. The van der Waals surface area contributed by atoms with Gasteiger partial charge in [-0.25, -0.2) is 4.98 Å². The number of aromatic nitrogens is 1. The topological polar surface area (TPSA) is 16.1 Å². The van der Waals surface area contributed by atoms with Crippen molar-refractivity contribution in [1.82, 2.24) is 4.98 Å². The highest BCUT2D eigenvalue weighted by molar-refractivity contribution is 7.26. The molecule has 0 atom stereocenters. The molecule has 39 heavy (non-hydrogen) atoms. The van der Waals surface area contributed by atoms with Crippen LogP contribution in [0.3, 0.4) is 0 Å². The molecular formula is C35H22N2S2. The van der Waals surface area contributed by atoms with Gasteiger partial charge in [-0.1, -0.05) is 84.9 Å². The molecule has 0 aliphatic carbocycles. The van der Waals surface area contributed by atoms with E-state index in [1.807, 2.05) is 28.9 Å². The number of benzene rings is 5. The van der Waals surface area contributed by atoms with Crippen LogP contribution in [0.2, 0.25) is 0 Å². The number of nitrogens with zero attached hydrogens (tertiary/aromatic N) is 2. The molecule has 0 aliphatic heterocycles. The summed E-state index contributed by atoms with van der Waals surface area (Å²) in [6.45, 7) is 0. The van der Waals surface area contributed by atoms with Crippen molar-refractivity contribution in [2.45, 2.75) is 0 Å². The molecule has 184 valence electrons. The maximum atomic E-state index is 5.00. The molecule has 3 aromatic heterocycles. The molecular weight excluding hydrogens is 513 g/mol. The normalized spacial score (nSPS) is 11.6. The zero-order valence-corrected chi connectivity index (χ0v) is 22.5. The molecule has 2 nitrogen and oxygen atoms in total. The van der Waals surface area contributed by atoms with E-state index >= 15 is 0 Å². The Morgan fingerprint density at radius 3 is 1.87 bits per heavy atom. The van der Waals surface area contributed by atoms with Crippen LogP contribution in [-0.4, -0.2) is 4.98 Å². The van der Waals surface area contributed by atoms with Gasteiger partial charge in [0, 0.05) is 53.2 Å². The van der Waals surface area contributed by atoms with Crippen LogP contribution in [0, 0.1) is 0 Å². The number of pyridine rings is 1. The van der Waals surface area contributed by atoms with Crippen LogP contribution in [-0.2, 0) is 0 Å². The van der Waals surface area contributed by atoms with Crippen LogP contribution in [0.25, 0.3) is 51.5 Å². The van der Waals surface area contributed by atoms with Crippen molar-refractivity contribution < 1.29 is 0 Å². The van der Waals surface area contributed by atoms with Crippen LogP contribution < -0.4 is 4.90 Å².